The lowest BCUT2D eigenvalue weighted by atomic mass is 9.79. The Balaban J connectivity index is 1.67. The number of esters is 1. The molecule has 33 heavy (non-hydrogen) atoms. The fraction of sp³-hybridized carbons (Fsp3) is 0.815. The summed E-state index contributed by atoms with van der Waals surface area (Å²) in [4.78, 5) is 11.3. The standard InChI is InChI=1S/C27H46O5Si/c1-27(2,3)33(5,6)31-19-23-22-15-14-20(11-7-8-12-25(28)29-4)17-21(22)18-24(23)32-26-13-9-10-16-30-26/h7,11,17,21-24,26H,8-10,12-16,18-19H2,1-6H3. The highest BCUT2D eigenvalue weighted by Crippen LogP contribution is 2.48. The van der Waals surface area contributed by atoms with Gasteiger partial charge in [0.15, 0.2) is 14.6 Å². The van der Waals surface area contributed by atoms with E-state index in [2.05, 4.69) is 52.1 Å². The Labute approximate surface area is 202 Å². The van der Waals surface area contributed by atoms with Gasteiger partial charge in [-0.05, 0) is 74.9 Å². The van der Waals surface area contributed by atoms with Crippen molar-refractivity contribution in [2.75, 3.05) is 20.3 Å². The van der Waals surface area contributed by atoms with E-state index in [0.29, 0.717) is 24.2 Å². The molecule has 1 heterocycles. The van der Waals surface area contributed by atoms with Crippen LogP contribution < -0.4 is 0 Å². The van der Waals surface area contributed by atoms with Crippen molar-refractivity contribution in [3.8, 4) is 0 Å². The number of carbonyl (C=O) groups is 1. The molecule has 1 saturated carbocycles. The largest absolute Gasteiger partial charge is 0.469 e. The monoisotopic (exact) mass is 478 g/mol. The summed E-state index contributed by atoms with van der Waals surface area (Å²) < 4.78 is 24.0. The Morgan fingerprint density at radius 2 is 2.03 bits per heavy atom. The topological polar surface area (TPSA) is 54.0 Å². The number of ether oxygens (including phenoxy) is 3. The fourth-order valence-corrected chi connectivity index (χ4v) is 6.16. The Morgan fingerprint density at radius 1 is 1.24 bits per heavy atom. The molecule has 2 fully saturated rings. The summed E-state index contributed by atoms with van der Waals surface area (Å²) in [6.07, 6.45) is 14.7. The van der Waals surface area contributed by atoms with Gasteiger partial charge in [-0.15, -0.1) is 0 Å². The molecule has 5 atom stereocenters. The van der Waals surface area contributed by atoms with Gasteiger partial charge in [-0.3, -0.25) is 4.79 Å². The molecule has 0 bridgehead atoms. The molecule has 1 saturated heterocycles. The zero-order valence-electron chi connectivity index (χ0n) is 21.7. The molecule has 0 aromatic carbocycles. The van der Waals surface area contributed by atoms with E-state index in [4.69, 9.17) is 18.6 Å². The van der Waals surface area contributed by atoms with E-state index in [0.717, 1.165) is 45.3 Å². The van der Waals surface area contributed by atoms with Gasteiger partial charge in [-0.1, -0.05) is 44.6 Å². The summed E-state index contributed by atoms with van der Waals surface area (Å²) in [5.41, 5.74) is 1.39. The van der Waals surface area contributed by atoms with Crippen molar-refractivity contribution in [2.24, 2.45) is 17.8 Å². The lowest BCUT2D eigenvalue weighted by Crippen LogP contribution is -2.44. The van der Waals surface area contributed by atoms with E-state index in [1.54, 1.807) is 0 Å². The Bertz CT molecular complexity index is 702. The molecule has 0 amide bonds. The average molecular weight is 479 g/mol. The molecule has 5 unspecified atom stereocenters. The molecule has 2 aliphatic carbocycles. The van der Waals surface area contributed by atoms with Gasteiger partial charge in [-0.2, -0.15) is 0 Å². The molecule has 3 aliphatic rings. The molecule has 5 nitrogen and oxygen atoms in total. The highest BCUT2D eigenvalue weighted by Gasteiger charge is 2.47. The van der Waals surface area contributed by atoms with Crippen molar-refractivity contribution in [3.05, 3.63) is 23.8 Å². The summed E-state index contributed by atoms with van der Waals surface area (Å²) in [7, 11) is -0.367. The average Bonchev–Trinajstić information content (AvgIpc) is 3.11. The molecular weight excluding hydrogens is 432 g/mol. The number of carbonyl (C=O) groups excluding carboxylic acids is 1. The van der Waals surface area contributed by atoms with Crippen LogP contribution in [0.25, 0.3) is 0 Å². The molecule has 3 rings (SSSR count). The molecule has 0 aromatic rings. The molecule has 188 valence electrons. The van der Waals surface area contributed by atoms with Crippen molar-refractivity contribution < 1.29 is 23.4 Å². The quantitative estimate of drug-likeness (QED) is 0.283. The minimum absolute atomic E-state index is 0.0547. The second-order valence-corrected chi connectivity index (χ2v) is 16.4. The Morgan fingerprint density at radius 3 is 2.70 bits per heavy atom. The molecule has 0 radical (unpaired) electrons. The number of hydrogen-bond donors (Lipinski definition) is 0. The number of fused-ring (bicyclic) bond motifs is 1. The van der Waals surface area contributed by atoms with Gasteiger partial charge in [0.25, 0.3) is 0 Å². The first-order valence-electron chi connectivity index (χ1n) is 13.0. The van der Waals surface area contributed by atoms with Crippen LogP contribution in [0.4, 0.5) is 0 Å². The van der Waals surface area contributed by atoms with Crippen LogP contribution in [0, 0.1) is 17.8 Å². The number of rotatable bonds is 9. The minimum atomic E-state index is -1.81. The summed E-state index contributed by atoms with van der Waals surface area (Å²) >= 11 is 0. The predicted octanol–water partition coefficient (Wildman–Crippen LogP) is 6.40. The van der Waals surface area contributed by atoms with Crippen LogP contribution in [-0.2, 0) is 23.4 Å². The summed E-state index contributed by atoms with van der Waals surface area (Å²) in [6.45, 7) is 13.2. The maximum atomic E-state index is 11.3. The van der Waals surface area contributed by atoms with E-state index < -0.39 is 8.32 Å². The molecular formula is C27H46O5Si. The number of allylic oxidation sites excluding steroid dienone is 4. The van der Waals surface area contributed by atoms with Crippen LogP contribution in [0.5, 0.6) is 0 Å². The van der Waals surface area contributed by atoms with Crippen LogP contribution in [0.15, 0.2) is 23.8 Å². The Hall–Kier alpha value is -0.953. The lowest BCUT2D eigenvalue weighted by molar-refractivity contribution is -0.197. The van der Waals surface area contributed by atoms with Gasteiger partial charge >= 0.3 is 5.97 Å². The van der Waals surface area contributed by atoms with Gasteiger partial charge < -0.3 is 18.6 Å². The van der Waals surface area contributed by atoms with Crippen LogP contribution in [0.3, 0.4) is 0 Å². The smallest absolute Gasteiger partial charge is 0.305 e. The third-order valence-corrected chi connectivity index (χ3v) is 12.8. The minimum Gasteiger partial charge on any atom is -0.469 e. The van der Waals surface area contributed by atoms with Crippen LogP contribution >= 0.6 is 0 Å². The van der Waals surface area contributed by atoms with E-state index >= 15 is 0 Å². The van der Waals surface area contributed by atoms with E-state index in [9.17, 15) is 4.79 Å². The normalized spacial score (nSPS) is 30.8. The first-order valence-corrected chi connectivity index (χ1v) is 15.9. The van der Waals surface area contributed by atoms with Crippen molar-refractivity contribution in [2.45, 2.75) is 103 Å². The van der Waals surface area contributed by atoms with Gasteiger partial charge in [0.2, 0.25) is 0 Å². The van der Waals surface area contributed by atoms with Crippen molar-refractivity contribution in [3.63, 3.8) is 0 Å². The van der Waals surface area contributed by atoms with E-state index in [1.807, 2.05) is 0 Å². The van der Waals surface area contributed by atoms with Crippen molar-refractivity contribution in [1.82, 2.24) is 0 Å². The number of methoxy groups -OCH3 is 1. The third-order valence-electron chi connectivity index (χ3n) is 8.26. The highest BCUT2D eigenvalue weighted by atomic mass is 28.4. The number of hydrogen-bond acceptors (Lipinski definition) is 5. The third kappa shape index (κ3) is 7.27. The maximum absolute atomic E-state index is 11.3. The second kappa shape index (κ2) is 11.7. The van der Waals surface area contributed by atoms with Crippen LogP contribution in [0.1, 0.15) is 72.1 Å². The van der Waals surface area contributed by atoms with Crippen LogP contribution in [0.2, 0.25) is 18.1 Å². The van der Waals surface area contributed by atoms with Gasteiger partial charge in [0.05, 0.1) is 13.2 Å². The lowest BCUT2D eigenvalue weighted by Gasteiger charge is -2.39. The first kappa shape index (κ1) is 26.6. The zero-order chi connectivity index (χ0) is 24.1. The molecule has 0 spiro atoms. The van der Waals surface area contributed by atoms with Crippen molar-refractivity contribution >= 4 is 14.3 Å². The van der Waals surface area contributed by atoms with Crippen LogP contribution in [-0.4, -0.2) is 47.0 Å². The second-order valence-electron chi connectivity index (χ2n) is 11.6. The van der Waals surface area contributed by atoms with Gasteiger partial charge in [-0.25, -0.2) is 0 Å². The van der Waals surface area contributed by atoms with E-state index in [-0.39, 0.29) is 23.4 Å². The summed E-state index contributed by atoms with van der Waals surface area (Å²) in [5.74, 6) is 1.41. The molecule has 6 heteroatoms. The highest BCUT2D eigenvalue weighted by molar-refractivity contribution is 6.74. The molecule has 1 aliphatic heterocycles. The SMILES string of the molecule is COC(=O)CCC=CC1=CC2CC(OC3CCCCO3)C(CO[Si](C)(C)C(C)(C)C)C2CC1. The fourth-order valence-electron chi connectivity index (χ4n) is 5.12. The van der Waals surface area contributed by atoms with Gasteiger partial charge in [0.1, 0.15) is 0 Å². The predicted molar refractivity (Wildman–Crippen MR) is 134 cm³/mol. The Kier molecular flexibility index (Phi) is 9.41. The van der Waals surface area contributed by atoms with Crippen molar-refractivity contribution in [1.29, 1.82) is 0 Å². The summed E-state index contributed by atoms with van der Waals surface area (Å²) in [5, 5.41) is 0.211. The van der Waals surface area contributed by atoms with Gasteiger partial charge in [0, 0.05) is 25.6 Å². The maximum Gasteiger partial charge on any atom is 0.305 e. The van der Waals surface area contributed by atoms with E-state index in [1.165, 1.54) is 25.5 Å². The summed E-state index contributed by atoms with van der Waals surface area (Å²) in [6, 6.07) is 0. The zero-order valence-corrected chi connectivity index (χ0v) is 22.7. The molecule has 0 N–H and O–H groups in total. The first-order chi connectivity index (χ1) is 15.6. The molecule has 0 aromatic heterocycles.